The van der Waals surface area contributed by atoms with Crippen LogP contribution in [0.3, 0.4) is 0 Å². The zero-order chi connectivity index (χ0) is 9.38. The van der Waals surface area contributed by atoms with Crippen molar-refractivity contribution in [1.82, 2.24) is 20.4 Å². The molecule has 1 aromatic heterocycles. The molecular weight excluding hydrogens is 178 g/mol. The van der Waals surface area contributed by atoms with Gasteiger partial charge in [0.15, 0.2) is 5.84 Å². The van der Waals surface area contributed by atoms with Gasteiger partial charge in [0, 0.05) is 6.08 Å². The zero-order valence-electron chi connectivity index (χ0n) is 7.20. The lowest BCUT2D eigenvalue weighted by atomic mass is 10.3. The predicted molar refractivity (Wildman–Crippen MR) is 51.6 cm³/mol. The van der Waals surface area contributed by atoms with Crippen molar-refractivity contribution in [2.45, 2.75) is 0 Å². The van der Waals surface area contributed by atoms with E-state index in [4.69, 9.17) is 0 Å². The van der Waals surface area contributed by atoms with Crippen molar-refractivity contribution in [2.24, 2.45) is 5.10 Å². The van der Waals surface area contributed by atoms with Gasteiger partial charge in [-0.05, 0) is 12.1 Å². The predicted octanol–water partition coefficient (Wildman–Crippen LogP) is 0.725. The van der Waals surface area contributed by atoms with Crippen LogP contribution in [0.2, 0.25) is 0 Å². The molecule has 1 aliphatic rings. The molecule has 67 valence electrons. The van der Waals surface area contributed by atoms with E-state index in [0.717, 1.165) is 11.0 Å². The second-order valence-electron chi connectivity index (χ2n) is 2.88. The highest BCUT2D eigenvalue weighted by molar-refractivity contribution is 6.00. The number of rotatable bonds is 0. The molecule has 3 rings (SSSR count). The molecule has 0 atom stereocenters. The van der Waals surface area contributed by atoms with E-state index in [1.54, 1.807) is 17.0 Å². The van der Waals surface area contributed by atoms with Crippen LogP contribution in [0.1, 0.15) is 0 Å². The topological polar surface area (TPSA) is 57.2 Å². The van der Waals surface area contributed by atoms with E-state index in [1.807, 2.05) is 24.3 Å². The number of hydrogen-bond donors (Lipinski definition) is 0. The fourth-order valence-corrected chi connectivity index (χ4v) is 1.38. The number of allylic oxidation sites excluding steroid dienone is 1. The number of benzene rings is 1. The molecule has 0 spiro atoms. The van der Waals surface area contributed by atoms with Crippen molar-refractivity contribution in [3.05, 3.63) is 36.5 Å². The van der Waals surface area contributed by atoms with Crippen LogP contribution in [-0.4, -0.2) is 20.8 Å². The van der Waals surface area contributed by atoms with Crippen LogP contribution in [0.25, 0.3) is 11.0 Å². The maximum atomic E-state index is 4.02. The number of nitrogens with zero attached hydrogens (tertiary/aromatic N) is 5. The molecule has 5 nitrogen and oxygen atoms in total. The SMILES string of the molecule is C1=CC(n2nnc3ccccc32)=N[N]1. The van der Waals surface area contributed by atoms with Crippen molar-refractivity contribution in [3.8, 4) is 0 Å². The van der Waals surface area contributed by atoms with Crippen LogP contribution in [0.15, 0.2) is 41.6 Å². The maximum absolute atomic E-state index is 4.02. The van der Waals surface area contributed by atoms with Gasteiger partial charge in [-0.2, -0.15) is 10.1 Å². The normalized spacial score (nSPS) is 14.4. The van der Waals surface area contributed by atoms with Crippen LogP contribution in [0, 0.1) is 0 Å². The minimum Gasteiger partial charge on any atom is -0.193 e. The smallest absolute Gasteiger partial charge is 0.179 e. The highest BCUT2D eigenvalue weighted by atomic mass is 15.5. The Hall–Kier alpha value is -2.17. The Bertz CT molecular complexity index is 537. The van der Waals surface area contributed by atoms with Crippen LogP contribution in [0.5, 0.6) is 0 Å². The fraction of sp³-hybridized carbons (Fsp3) is 0. The van der Waals surface area contributed by atoms with Crippen LogP contribution >= 0.6 is 0 Å². The number of hydrogen-bond acceptors (Lipinski definition) is 3. The summed E-state index contributed by atoms with van der Waals surface area (Å²) in [4.78, 5) is 0. The molecule has 1 aliphatic heterocycles. The van der Waals surface area contributed by atoms with Gasteiger partial charge in [0.25, 0.3) is 0 Å². The lowest BCUT2D eigenvalue weighted by Crippen LogP contribution is -2.09. The van der Waals surface area contributed by atoms with Gasteiger partial charge < -0.3 is 0 Å². The molecule has 0 saturated carbocycles. The first kappa shape index (κ1) is 7.25. The Labute approximate surface area is 79.7 Å². The van der Waals surface area contributed by atoms with E-state index in [0.29, 0.717) is 5.84 Å². The van der Waals surface area contributed by atoms with Gasteiger partial charge in [-0.3, -0.25) is 0 Å². The summed E-state index contributed by atoms with van der Waals surface area (Å²) in [5, 5.41) is 11.9. The van der Waals surface area contributed by atoms with Crippen molar-refractivity contribution in [1.29, 1.82) is 0 Å². The third-order valence-corrected chi connectivity index (χ3v) is 2.02. The molecule has 0 fully saturated rings. The van der Waals surface area contributed by atoms with Gasteiger partial charge >= 0.3 is 0 Å². The minimum atomic E-state index is 0.693. The first-order valence-electron chi connectivity index (χ1n) is 4.20. The minimum absolute atomic E-state index is 0.693. The summed E-state index contributed by atoms with van der Waals surface area (Å²) in [6.45, 7) is 0. The summed E-state index contributed by atoms with van der Waals surface area (Å²) < 4.78 is 1.67. The van der Waals surface area contributed by atoms with Crippen LogP contribution < -0.4 is 5.43 Å². The summed E-state index contributed by atoms with van der Waals surface area (Å²) in [5.41, 5.74) is 5.54. The van der Waals surface area contributed by atoms with Gasteiger partial charge in [-0.15, -0.1) is 10.2 Å². The molecule has 2 aromatic rings. The van der Waals surface area contributed by atoms with Gasteiger partial charge in [-0.1, -0.05) is 17.3 Å². The molecule has 5 heteroatoms. The van der Waals surface area contributed by atoms with E-state index < -0.39 is 0 Å². The molecule has 0 bridgehead atoms. The van der Waals surface area contributed by atoms with E-state index in [9.17, 15) is 0 Å². The second kappa shape index (κ2) is 2.66. The van der Waals surface area contributed by atoms with Gasteiger partial charge in [0.2, 0.25) is 0 Å². The fourth-order valence-electron chi connectivity index (χ4n) is 1.38. The molecule has 0 saturated heterocycles. The largest absolute Gasteiger partial charge is 0.193 e. The average molecular weight is 184 g/mol. The Morgan fingerprint density at radius 3 is 2.93 bits per heavy atom. The molecule has 0 amide bonds. The van der Waals surface area contributed by atoms with Crippen molar-refractivity contribution in [3.63, 3.8) is 0 Å². The summed E-state index contributed by atoms with van der Waals surface area (Å²) in [6.07, 6.45) is 3.42. The van der Waals surface area contributed by atoms with Gasteiger partial charge in [0.1, 0.15) is 5.52 Å². The molecular formula is C9H6N5. The Kier molecular flexibility index (Phi) is 1.38. The summed E-state index contributed by atoms with van der Waals surface area (Å²) >= 11 is 0. The van der Waals surface area contributed by atoms with Crippen molar-refractivity contribution >= 4 is 16.9 Å². The zero-order valence-corrected chi connectivity index (χ0v) is 7.20. The van der Waals surface area contributed by atoms with E-state index in [1.165, 1.54) is 0 Å². The summed E-state index contributed by atoms with van der Waals surface area (Å²) in [5.74, 6) is 0.693. The number of fused-ring (bicyclic) bond motifs is 1. The third-order valence-electron chi connectivity index (χ3n) is 2.02. The third kappa shape index (κ3) is 0.922. The summed E-state index contributed by atoms with van der Waals surface area (Å²) in [6, 6.07) is 7.73. The Morgan fingerprint density at radius 1 is 1.14 bits per heavy atom. The lowest BCUT2D eigenvalue weighted by molar-refractivity contribution is 0.851. The van der Waals surface area contributed by atoms with Crippen LogP contribution in [-0.2, 0) is 0 Å². The molecule has 0 unspecified atom stereocenters. The highest BCUT2D eigenvalue weighted by Gasteiger charge is 2.09. The number of aromatic nitrogens is 3. The van der Waals surface area contributed by atoms with E-state index >= 15 is 0 Å². The molecule has 1 aromatic carbocycles. The van der Waals surface area contributed by atoms with Gasteiger partial charge in [0.05, 0.1) is 11.7 Å². The van der Waals surface area contributed by atoms with Crippen molar-refractivity contribution < 1.29 is 0 Å². The van der Waals surface area contributed by atoms with E-state index in [2.05, 4.69) is 20.8 Å². The Balaban J connectivity index is 2.26. The quantitative estimate of drug-likeness (QED) is 0.605. The Morgan fingerprint density at radius 2 is 2.07 bits per heavy atom. The monoisotopic (exact) mass is 184 g/mol. The highest BCUT2D eigenvalue weighted by Crippen LogP contribution is 2.10. The van der Waals surface area contributed by atoms with Gasteiger partial charge in [-0.25, -0.2) is 0 Å². The maximum Gasteiger partial charge on any atom is 0.179 e. The summed E-state index contributed by atoms with van der Waals surface area (Å²) in [7, 11) is 0. The molecule has 1 radical (unpaired) electrons. The standard InChI is InChI=1S/C9H6N5/c1-2-4-8-7(3-1)11-13-14(8)9-5-6-10-12-9/h1-6H. The second-order valence-corrected chi connectivity index (χ2v) is 2.88. The van der Waals surface area contributed by atoms with E-state index in [-0.39, 0.29) is 0 Å². The first-order valence-corrected chi connectivity index (χ1v) is 4.20. The average Bonchev–Trinajstić information content (AvgIpc) is 2.85. The first-order chi connectivity index (χ1) is 6.95. The molecule has 2 heterocycles. The van der Waals surface area contributed by atoms with Crippen LogP contribution in [0.4, 0.5) is 0 Å². The number of para-hydroxylation sites is 1. The van der Waals surface area contributed by atoms with Crippen molar-refractivity contribution in [2.75, 3.05) is 0 Å². The lowest BCUT2D eigenvalue weighted by Gasteiger charge is -1.95. The molecule has 14 heavy (non-hydrogen) atoms. The molecule has 0 aliphatic carbocycles. The molecule has 0 N–H and O–H groups in total.